The Labute approximate surface area is 123 Å². The van der Waals surface area contributed by atoms with Crippen LogP contribution >= 0.6 is 0 Å². The molecular weight excluding hydrogens is 270 g/mol. The lowest BCUT2D eigenvalue weighted by molar-refractivity contribution is -0.312. The van der Waals surface area contributed by atoms with Gasteiger partial charge in [0.25, 0.3) is 0 Å². The summed E-state index contributed by atoms with van der Waals surface area (Å²) in [5, 5.41) is 23.4. The Balaban J connectivity index is 2.21. The molecule has 0 fully saturated rings. The van der Waals surface area contributed by atoms with E-state index in [0.29, 0.717) is 18.6 Å². The number of hydrogen-bond donors (Lipinski definition) is 0. The van der Waals surface area contributed by atoms with Crippen molar-refractivity contribution in [1.82, 2.24) is 5.16 Å². The van der Waals surface area contributed by atoms with Crippen LogP contribution in [0.5, 0.6) is 0 Å². The zero-order valence-corrected chi connectivity index (χ0v) is 13.1. The monoisotopic (exact) mass is 290 g/mol. The Morgan fingerprint density at radius 2 is 1.95 bits per heavy atom. The maximum atomic E-state index is 12.0. The van der Waals surface area contributed by atoms with Gasteiger partial charge in [0.15, 0.2) is 5.78 Å². The fraction of sp³-hybridized carbons (Fsp3) is 0.600. The molecule has 0 amide bonds. The normalized spacial score (nSPS) is 19.6. The van der Waals surface area contributed by atoms with Crippen molar-refractivity contribution in [2.24, 2.45) is 15.6 Å². The lowest BCUT2D eigenvalue weighted by Gasteiger charge is -2.33. The van der Waals surface area contributed by atoms with Crippen molar-refractivity contribution in [3.63, 3.8) is 0 Å². The molecule has 0 spiro atoms. The van der Waals surface area contributed by atoms with E-state index in [9.17, 15) is 9.90 Å². The Hall–Kier alpha value is -1.98. The van der Waals surface area contributed by atoms with Gasteiger partial charge in [-0.1, -0.05) is 45.5 Å². The summed E-state index contributed by atoms with van der Waals surface area (Å²) in [6, 6.07) is 1.66. The summed E-state index contributed by atoms with van der Waals surface area (Å²) in [4.78, 5) is 12.0. The fourth-order valence-corrected chi connectivity index (χ4v) is 2.13. The number of allylic oxidation sites excluding steroid dienone is 2. The number of Topliss-reactive ketones (excluding diaryl/α,β-unsaturated/α-hetero) is 1. The van der Waals surface area contributed by atoms with E-state index in [2.05, 4.69) is 15.4 Å². The molecule has 0 aliphatic heterocycles. The van der Waals surface area contributed by atoms with Gasteiger partial charge in [0.2, 0.25) is 5.82 Å². The molecule has 0 saturated heterocycles. The van der Waals surface area contributed by atoms with Gasteiger partial charge < -0.3 is 9.63 Å². The number of carbonyl (C=O) groups excluding carboxylic acids is 1. The van der Waals surface area contributed by atoms with Crippen molar-refractivity contribution in [2.45, 2.75) is 52.9 Å². The van der Waals surface area contributed by atoms with Crippen molar-refractivity contribution < 1.29 is 14.4 Å². The van der Waals surface area contributed by atoms with Gasteiger partial charge in [-0.05, 0) is 11.8 Å². The minimum absolute atomic E-state index is 0.0883. The molecule has 1 aromatic heterocycles. The van der Waals surface area contributed by atoms with E-state index in [1.165, 1.54) is 0 Å². The van der Waals surface area contributed by atoms with E-state index in [0.717, 1.165) is 0 Å². The summed E-state index contributed by atoms with van der Waals surface area (Å²) in [6.07, 6.45) is 0.609. The van der Waals surface area contributed by atoms with E-state index < -0.39 is 0 Å². The average Bonchev–Trinajstić information content (AvgIpc) is 2.74. The summed E-state index contributed by atoms with van der Waals surface area (Å²) in [7, 11) is 0. The van der Waals surface area contributed by atoms with E-state index in [4.69, 9.17) is 4.52 Å². The maximum Gasteiger partial charge on any atom is 0.217 e. The molecule has 114 valence electrons. The van der Waals surface area contributed by atoms with Crippen molar-refractivity contribution in [3.05, 3.63) is 23.3 Å². The van der Waals surface area contributed by atoms with Crippen LogP contribution < -0.4 is 5.11 Å². The lowest BCUT2D eigenvalue weighted by atomic mass is 9.78. The largest absolute Gasteiger partial charge is 0.874 e. The molecule has 6 heteroatoms. The number of rotatable bonds is 2. The third kappa shape index (κ3) is 3.56. The SMILES string of the molecule is CC1(C)CC(=O)C(N=Nc2cc(C(C)(C)C)on2)=C([O-])C1. The lowest BCUT2D eigenvalue weighted by Crippen LogP contribution is -2.29. The quantitative estimate of drug-likeness (QED) is 0.783. The molecule has 0 aromatic carbocycles. The predicted molar refractivity (Wildman–Crippen MR) is 74.8 cm³/mol. The topological polar surface area (TPSA) is 90.9 Å². The van der Waals surface area contributed by atoms with Crippen molar-refractivity contribution >= 4 is 11.6 Å². The summed E-state index contributed by atoms with van der Waals surface area (Å²) >= 11 is 0. The highest BCUT2D eigenvalue weighted by Crippen LogP contribution is 2.35. The zero-order valence-electron chi connectivity index (χ0n) is 13.1. The first-order valence-corrected chi connectivity index (χ1v) is 6.91. The third-order valence-electron chi connectivity index (χ3n) is 3.30. The van der Waals surface area contributed by atoms with Crippen molar-refractivity contribution in [1.29, 1.82) is 0 Å². The van der Waals surface area contributed by atoms with Crippen molar-refractivity contribution in [3.8, 4) is 0 Å². The minimum Gasteiger partial charge on any atom is -0.874 e. The van der Waals surface area contributed by atoms with Crippen LogP contribution in [0.4, 0.5) is 5.82 Å². The Morgan fingerprint density at radius 3 is 2.48 bits per heavy atom. The molecular formula is C15H20N3O3-. The van der Waals surface area contributed by atoms with Crippen LogP contribution in [-0.4, -0.2) is 10.9 Å². The number of azo groups is 1. The van der Waals surface area contributed by atoms with Crippen molar-refractivity contribution in [2.75, 3.05) is 0 Å². The Morgan fingerprint density at radius 1 is 1.29 bits per heavy atom. The Bertz CT molecular complexity index is 618. The number of carbonyl (C=O) groups is 1. The molecule has 0 radical (unpaired) electrons. The van der Waals surface area contributed by atoms with Gasteiger partial charge in [0.05, 0.1) is 0 Å². The first kappa shape index (κ1) is 15.4. The Kier molecular flexibility index (Phi) is 3.74. The molecule has 21 heavy (non-hydrogen) atoms. The second-order valence-electron chi connectivity index (χ2n) is 7.21. The molecule has 0 N–H and O–H groups in total. The molecule has 1 heterocycles. The summed E-state index contributed by atoms with van der Waals surface area (Å²) in [5.41, 5.74) is -0.579. The number of hydrogen-bond acceptors (Lipinski definition) is 6. The van der Waals surface area contributed by atoms with E-state index in [1.807, 2.05) is 34.6 Å². The summed E-state index contributed by atoms with van der Waals surface area (Å²) < 4.78 is 5.17. The minimum atomic E-state index is -0.305. The van der Waals surface area contributed by atoms with E-state index >= 15 is 0 Å². The third-order valence-corrected chi connectivity index (χ3v) is 3.30. The van der Waals surface area contributed by atoms with Gasteiger partial charge in [-0.25, -0.2) is 0 Å². The zero-order chi connectivity index (χ0) is 15.8. The molecule has 6 nitrogen and oxygen atoms in total. The molecule has 0 unspecified atom stereocenters. The van der Waals surface area contributed by atoms with Crippen LogP contribution in [0, 0.1) is 5.41 Å². The van der Waals surface area contributed by atoms with Gasteiger partial charge in [0.1, 0.15) is 11.5 Å². The van der Waals surface area contributed by atoms with Crippen LogP contribution in [0.2, 0.25) is 0 Å². The van der Waals surface area contributed by atoms with E-state index in [-0.39, 0.29) is 33.9 Å². The fourth-order valence-electron chi connectivity index (χ4n) is 2.13. The van der Waals surface area contributed by atoms with Crippen LogP contribution in [0.25, 0.3) is 0 Å². The first-order chi connectivity index (χ1) is 9.58. The second-order valence-corrected chi connectivity index (χ2v) is 7.21. The second kappa shape index (κ2) is 5.09. The summed E-state index contributed by atoms with van der Waals surface area (Å²) in [5.74, 6) is 0.404. The highest BCUT2D eigenvalue weighted by atomic mass is 16.5. The van der Waals surface area contributed by atoms with Crippen LogP contribution in [-0.2, 0) is 10.2 Å². The molecule has 1 aliphatic rings. The molecule has 1 aromatic rings. The predicted octanol–water partition coefficient (Wildman–Crippen LogP) is 3.02. The van der Waals surface area contributed by atoms with Gasteiger partial charge >= 0.3 is 0 Å². The highest BCUT2D eigenvalue weighted by molar-refractivity contribution is 5.96. The summed E-state index contributed by atoms with van der Waals surface area (Å²) in [6.45, 7) is 9.74. The number of ketones is 1. The van der Waals surface area contributed by atoms with E-state index in [1.54, 1.807) is 6.07 Å². The average molecular weight is 290 g/mol. The van der Waals surface area contributed by atoms with Crippen LogP contribution in [0.3, 0.4) is 0 Å². The molecule has 0 saturated carbocycles. The number of aromatic nitrogens is 1. The van der Waals surface area contributed by atoms with Gasteiger partial charge in [-0.15, -0.1) is 10.2 Å². The molecule has 0 atom stereocenters. The van der Waals surface area contributed by atoms with Gasteiger partial charge in [-0.2, -0.15) is 0 Å². The number of nitrogens with zero attached hydrogens (tertiary/aromatic N) is 3. The van der Waals surface area contributed by atoms with Crippen LogP contribution in [0.15, 0.2) is 32.3 Å². The highest BCUT2D eigenvalue weighted by Gasteiger charge is 2.29. The standard InChI is InChI=1S/C15H21N3O3/c1-14(2,3)11-6-12(18-21-11)16-17-13-9(19)7-15(4,5)8-10(13)20/h6,19H,7-8H2,1-5H3/p-1. The molecule has 0 bridgehead atoms. The maximum absolute atomic E-state index is 12.0. The van der Waals surface area contributed by atoms with Gasteiger partial charge in [0, 0.05) is 17.9 Å². The smallest absolute Gasteiger partial charge is 0.217 e. The first-order valence-electron chi connectivity index (χ1n) is 6.91. The molecule has 2 rings (SSSR count). The van der Waals surface area contributed by atoms with Crippen LogP contribution in [0.1, 0.15) is 53.2 Å². The molecule has 1 aliphatic carbocycles. The van der Waals surface area contributed by atoms with Gasteiger partial charge in [-0.3, -0.25) is 4.79 Å².